The number of hydrogen-bond donors (Lipinski definition) is 1. The number of ketones is 1. The molecule has 37 heavy (non-hydrogen) atoms. The van der Waals surface area contributed by atoms with Crippen molar-refractivity contribution in [2.24, 2.45) is 0 Å². The highest BCUT2D eigenvalue weighted by atomic mass is 16.3. The van der Waals surface area contributed by atoms with Crippen LogP contribution in [-0.4, -0.2) is 16.8 Å². The van der Waals surface area contributed by atoms with Gasteiger partial charge in [0, 0.05) is 11.1 Å². The molecule has 186 valence electrons. The molecule has 4 heteroatoms. The highest BCUT2D eigenvalue weighted by molar-refractivity contribution is 6.10. The van der Waals surface area contributed by atoms with Gasteiger partial charge in [-0.2, -0.15) is 0 Å². The molecule has 0 unspecified atom stereocenters. The maximum Gasteiger partial charge on any atom is 0.264 e. The van der Waals surface area contributed by atoms with Gasteiger partial charge < -0.3 is 10.0 Å². The Balaban J connectivity index is 1.42. The third kappa shape index (κ3) is 4.61. The minimum Gasteiger partial charge on any atom is -0.375 e. The van der Waals surface area contributed by atoms with E-state index in [1.54, 1.807) is 29.2 Å². The van der Waals surface area contributed by atoms with Gasteiger partial charge in [-0.05, 0) is 46.7 Å². The van der Waals surface area contributed by atoms with Crippen LogP contribution in [0.2, 0.25) is 0 Å². The van der Waals surface area contributed by atoms with Crippen LogP contribution < -0.4 is 4.90 Å². The second-order valence-corrected chi connectivity index (χ2v) is 10.2. The third-order valence-corrected chi connectivity index (χ3v) is 7.34. The van der Waals surface area contributed by atoms with Crippen molar-refractivity contribution in [3.63, 3.8) is 0 Å². The van der Waals surface area contributed by atoms with Gasteiger partial charge in [0.1, 0.15) is 0 Å². The molecule has 1 aliphatic heterocycles. The SMILES string of the molecule is Cc1ccc(C(C)C)cc1CN1C(=O)[C@](O)(CC(=O)c2ccc(-c3ccccc3)cc2)c2ccccc21. The first-order chi connectivity index (χ1) is 17.8. The van der Waals surface area contributed by atoms with Gasteiger partial charge in [0.2, 0.25) is 0 Å². The number of aryl methyl sites for hydroxylation is 1. The lowest BCUT2D eigenvalue weighted by molar-refractivity contribution is -0.136. The first-order valence-corrected chi connectivity index (χ1v) is 12.7. The van der Waals surface area contributed by atoms with E-state index in [0.717, 1.165) is 22.3 Å². The maximum absolute atomic E-state index is 13.7. The van der Waals surface area contributed by atoms with Crippen LogP contribution in [0.4, 0.5) is 5.69 Å². The van der Waals surface area contributed by atoms with E-state index in [0.29, 0.717) is 29.3 Å². The van der Waals surface area contributed by atoms with E-state index in [9.17, 15) is 14.7 Å². The Morgan fingerprint density at radius 1 is 0.865 bits per heavy atom. The highest BCUT2D eigenvalue weighted by Gasteiger charge is 2.50. The van der Waals surface area contributed by atoms with Crippen molar-refractivity contribution in [3.8, 4) is 11.1 Å². The van der Waals surface area contributed by atoms with Gasteiger partial charge in [0.05, 0.1) is 18.7 Å². The third-order valence-electron chi connectivity index (χ3n) is 7.34. The van der Waals surface area contributed by atoms with Crippen molar-refractivity contribution in [1.29, 1.82) is 0 Å². The van der Waals surface area contributed by atoms with Crippen LogP contribution in [0.3, 0.4) is 0 Å². The summed E-state index contributed by atoms with van der Waals surface area (Å²) in [4.78, 5) is 28.7. The monoisotopic (exact) mass is 489 g/mol. The standard InChI is InChI=1S/C33H31NO3/c1-22(2)27-14-13-23(3)28(19-27)21-34-30-12-8-7-11-29(30)33(37,32(34)36)20-31(35)26-17-15-25(16-18-26)24-9-5-4-6-10-24/h4-19,22,37H,20-21H2,1-3H3/t33-/m0/s1. The number of carbonyl (C=O) groups excluding carboxylic acids is 2. The number of anilines is 1. The second kappa shape index (κ2) is 9.79. The summed E-state index contributed by atoms with van der Waals surface area (Å²) in [5.41, 5.74) is 5.07. The molecule has 1 aliphatic rings. The largest absolute Gasteiger partial charge is 0.375 e. The molecule has 0 aliphatic carbocycles. The van der Waals surface area contributed by atoms with Crippen molar-refractivity contribution in [1.82, 2.24) is 0 Å². The number of para-hydroxylation sites is 1. The summed E-state index contributed by atoms with van der Waals surface area (Å²) in [6, 6.07) is 30.8. The van der Waals surface area contributed by atoms with E-state index in [2.05, 4.69) is 32.0 Å². The molecule has 0 saturated heterocycles. The average molecular weight is 490 g/mol. The summed E-state index contributed by atoms with van der Waals surface area (Å²) >= 11 is 0. The van der Waals surface area contributed by atoms with E-state index in [4.69, 9.17) is 0 Å². The van der Waals surface area contributed by atoms with E-state index >= 15 is 0 Å². The fourth-order valence-electron chi connectivity index (χ4n) is 5.04. The Hall–Kier alpha value is -4.02. The lowest BCUT2D eigenvalue weighted by Crippen LogP contribution is -2.41. The zero-order valence-electron chi connectivity index (χ0n) is 21.4. The topological polar surface area (TPSA) is 57.6 Å². The van der Waals surface area contributed by atoms with Crippen LogP contribution in [0.1, 0.15) is 58.8 Å². The number of hydrogen-bond acceptors (Lipinski definition) is 3. The molecule has 5 rings (SSSR count). The molecule has 1 heterocycles. The molecule has 4 aromatic carbocycles. The van der Waals surface area contributed by atoms with Gasteiger partial charge >= 0.3 is 0 Å². The summed E-state index contributed by atoms with van der Waals surface area (Å²) in [6.07, 6.45) is -0.310. The molecule has 4 aromatic rings. The number of aliphatic hydroxyl groups is 1. The maximum atomic E-state index is 13.7. The molecule has 1 N–H and O–H groups in total. The zero-order chi connectivity index (χ0) is 26.2. The first-order valence-electron chi connectivity index (χ1n) is 12.7. The molecule has 1 atom stereocenters. The summed E-state index contributed by atoms with van der Waals surface area (Å²) in [6.45, 7) is 6.65. The van der Waals surface area contributed by atoms with Gasteiger partial charge in [-0.15, -0.1) is 0 Å². The second-order valence-electron chi connectivity index (χ2n) is 10.2. The molecular weight excluding hydrogens is 458 g/mol. The lowest BCUT2D eigenvalue weighted by atomic mass is 9.88. The van der Waals surface area contributed by atoms with E-state index in [-0.39, 0.29) is 12.2 Å². The van der Waals surface area contributed by atoms with Gasteiger partial charge in [-0.25, -0.2) is 0 Å². The average Bonchev–Trinajstić information content (AvgIpc) is 3.12. The number of benzene rings is 4. The number of carbonyl (C=O) groups is 2. The first kappa shape index (κ1) is 24.7. The highest BCUT2D eigenvalue weighted by Crippen LogP contribution is 2.44. The molecule has 0 spiro atoms. The van der Waals surface area contributed by atoms with Crippen LogP contribution in [0.5, 0.6) is 0 Å². The molecule has 0 fully saturated rings. The molecule has 0 saturated carbocycles. The summed E-state index contributed by atoms with van der Waals surface area (Å²) in [7, 11) is 0. The Kier molecular flexibility index (Phi) is 6.53. The Bertz CT molecular complexity index is 1460. The van der Waals surface area contributed by atoms with Gasteiger partial charge in [0.25, 0.3) is 5.91 Å². The van der Waals surface area contributed by atoms with E-state index in [1.807, 2.05) is 61.5 Å². The van der Waals surface area contributed by atoms with E-state index < -0.39 is 11.5 Å². The fourth-order valence-corrected chi connectivity index (χ4v) is 5.04. The Morgan fingerprint density at radius 3 is 2.22 bits per heavy atom. The minimum absolute atomic E-state index is 0.273. The van der Waals surface area contributed by atoms with Crippen LogP contribution in [-0.2, 0) is 16.9 Å². The van der Waals surface area contributed by atoms with Gasteiger partial charge in [-0.1, -0.05) is 105 Å². The number of amides is 1. The zero-order valence-corrected chi connectivity index (χ0v) is 21.4. The molecule has 1 amide bonds. The van der Waals surface area contributed by atoms with Crippen molar-refractivity contribution in [3.05, 3.63) is 125 Å². The van der Waals surface area contributed by atoms with Crippen molar-refractivity contribution in [2.45, 2.75) is 45.3 Å². The van der Waals surface area contributed by atoms with Crippen molar-refractivity contribution in [2.75, 3.05) is 4.90 Å². The number of fused-ring (bicyclic) bond motifs is 1. The molecule has 4 nitrogen and oxygen atoms in total. The number of rotatable bonds is 7. The Labute approximate surface area is 218 Å². The van der Waals surface area contributed by atoms with E-state index in [1.165, 1.54) is 5.56 Å². The predicted molar refractivity (Wildman–Crippen MR) is 148 cm³/mol. The van der Waals surface area contributed by atoms with Crippen LogP contribution >= 0.6 is 0 Å². The molecule has 0 bridgehead atoms. The predicted octanol–water partition coefficient (Wildman–Crippen LogP) is 6.79. The minimum atomic E-state index is -1.91. The summed E-state index contributed by atoms with van der Waals surface area (Å²) in [5, 5.41) is 11.7. The molecular formula is C33H31NO3. The normalized spacial score (nSPS) is 16.8. The smallest absolute Gasteiger partial charge is 0.264 e. The van der Waals surface area contributed by atoms with Crippen molar-refractivity contribution >= 4 is 17.4 Å². The van der Waals surface area contributed by atoms with Crippen LogP contribution in [0.25, 0.3) is 11.1 Å². The Morgan fingerprint density at radius 2 is 1.51 bits per heavy atom. The number of nitrogens with zero attached hydrogens (tertiary/aromatic N) is 1. The summed E-state index contributed by atoms with van der Waals surface area (Å²) < 4.78 is 0. The van der Waals surface area contributed by atoms with Crippen LogP contribution in [0.15, 0.2) is 97.1 Å². The quantitative estimate of drug-likeness (QED) is 0.291. The number of Topliss-reactive ketones (excluding diaryl/α,β-unsaturated/α-hetero) is 1. The summed E-state index contributed by atoms with van der Waals surface area (Å²) in [5.74, 6) is -0.369. The molecule has 0 aromatic heterocycles. The van der Waals surface area contributed by atoms with Crippen molar-refractivity contribution < 1.29 is 14.7 Å². The lowest BCUT2D eigenvalue weighted by Gasteiger charge is -2.24. The fraction of sp³-hybridized carbons (Fsp3) is 0.212. The molecule has 0 radical (unpaired) electrons. The van der Waals surface area contributed by atoms with Gasteiger partial charge in [-0.3, -0.25) is 9.59 Å². The van der Waals surface area contributed by atoms with Crippen LogP contribution in [0, 0.1) is 6.92 Å². The van der Waals surface area contributed by atoms with Gasteiger partial charge in [0.15, 0.2) is 11.4 Å².